The van der Waals surface area contributed by atoms with Crippen LogP contribution in [-0.4, -0.2) is 22.9 Å². The van der Waals surface area contributed by atoms with Crippen LogP contribution in [0.3, 0.4) is 0 Å². The van der Waals surface area contributed by atoms with Crippen molar-refractivity contribution in [2.24, 2.45) is 0 Å². The Labute approximate surface area is 153 Å². The predicted octanol–water partition coefficient (Wildman–Crippen LogP) is 4.22. The van der Waals surface area contributed by atoms with E-state index in [4.69, 9.17) is 0 Å². The van der Waals surface area contributed by atoms with Crippen LogP contribution in [-0.2, 0) is 0 Å². The highest BCUT2D eigenvalue weighted by Crippen LogP contribution is 2.23. The summed E-state index contributed by atoms with van der Waals surface area (Å²) in [6.45, 7) is 1.61. The van der Waals surface area contributed by atoms with E-state index < -0.39 is 29.0 Å². The number of nitrogens with zero attached hydrogens (tertiary/aromatic N) is 3. The Bertz CT molecular complexity index is 996. The minimum Gasteiger partial charge on any atom is -0.329 e. The van der Waals surface area contributed by atoms with Crippen LogP contribution in [0.1, 0.15) is 16.3 Å². The number of rotatable bonds is 4. The van der Waals surface area contributed by atoms with Crippen molar-refractivity contribution in [2.75, 3.05) is 17.3 Å². The molecule has 0 aliphatic heterocycles. The van der Waals surface area contributed by atoms with Gasteiger partial charge in [0.15, 0.2) is 17.5 Å². The van der Waals surface area contributed by atoms with Gasteiger partial charge in [-0.25, -0.2) is 23.1 Å². The molecule has 3 aromatic rings. The number of para-hydroxylation sites is 1. The van der Waals surface area contributed by atoms with E-state index in [1.54, 1.807) is 18.9 Å². The Morgan fingerprint density at radius 3 is 2.41 bits per heavy atom. The van der Waals surface area contributed by atoms with Crippen molar-refractivity contribution in [2.45, 2.75) is 6.92 Å². The van der Waals surface area contributed by atoms with Gasteiger partial charge in [-0.1, -0.05) is 18.2 Å². The smallest absolute Gasteiger partial charge is 0.274 e. The number of nitrogens with one attached hydrogen (secondary N) is 1. The summed E-state index contributed by atoms with van der Waals surface area (Å²) < 4.78 is 40.1. The summed E-state index contributed by atoms with van der Waals surface area (Å²) in [7, 11) is 1.77. The fraction of sp³-hybridized carbons (Fsp3) is 0.105. The molecule has 0 saturated heterocycles. The number of hydrogen-bond donors (Lipinski definition) is 1. The van der Waals surface area contributed by atoms with E-state index in [-0.39, 0.29) is 5.69 Å². The summed E-state index contributed by atoms with van der Waals surface area (Å²) in [4.78, 5) is 22.5. The van der Waals surface area contributed by atoms with E-state index in [0.717, 1.165) is 17.8 Å². The lowest BCUT2D eigenvalue weighted by Gasteiger charge is -2.19. The van der Waals surface area contributed by atoms with Crippen LogP contribution in [0.2, 0.25) is 0 Å². The first kappa shape index (κ1) is 18.4. The molecule has 27 heavy (non-hydrogen) atoms. The van der Waals surface area contributed by atoms with E-state index in [1.165, 1.54) is 6.07 Å². The molecule has 0 radical (unpaired) electrons. The molecule has 8 heteroatoms. The predicted molar refractivity (Wildman–Crippen MR) is 95.5 cm³/mol. The molecule has 0 atom stereocenters. The van der Waals surface area contributed by atoms with Gasteiger partial charge >= 0.3 is 0 Å². The lowest BCUT2D eigenvalue weighted by Crippen LogP contribution is -2.19. The maximum Gasteiger partial charge on any atom is 0.274 e. The molecule has 0 aliphatic carbocycles. The number of halogens is 3. The Morgan fingerprint density at radius 1 is 1.00 bits per heavy atom. The molecule has 0 spiro atoms. The first-order valence-electron chi connectivity index (χ1n) is 7.96. The van der Waals surface area contributed by atoms with Crippen molar-refractivity contribution < 1.29 is 18.0 Å². The highest BCUT2D eigenvalue weighted by Gasteiger charge is 2.18. The van der Waals surface area contributed by atoms with Gasteiger partial charge in [0.25, 0.3) is 5.91 Å². The first-order chi connectivity index (χ1) is 12.9. The quantitative estimate of drug-likeness (QED) is 0.697. The second-order valence-corrected chi connectivity index (χ2v) is 5.73. The van der Waals surface area contributed by atoms with Gasteiger partial charge in [0, 0.05) is 18.8 Å². The molecule has 0 unspecified atom stereocenters. The molecule has 0 saturated carbocycles. The third-order valence-electron chi connectivity index (χ3n) is 3.83. The molecular weight excluding hydrogens is 357 g/mol. The van der Waals surface area contributed by atoms with Gasteiger partial charge in [-0.2, -0.15) is 0 Å². The molecular formula is C19H15F3N4O. The third kappa shape index (κ3) is 3.89. The first-order valence-corrected chi connectivity index (χ1v) is 7.96. The van der Waals surface area contributed by atoms with Gasteiger partial charge < -0.3 is 10.2 Å². The maximum absolute atomic E-state index is 13.8. The lowest BCUT2D eigenvalue weighted by atomic mass is 10.2. The molecule has 0 aliphatic rings. The van der Waals surface area contributed by atoms with Gasteiger partial charge in [0.05, 0.1) is 5.69 Å². The van der Waals surface area contributed by atoms with Crippen molar-refractivity contribution in [1.29, 1.82) is 0 Å². The van der Waals surface area contributed by atoms with E-state index in [2.05, 4.69) is 15.3 Å². The van der Waals surface area contributed by atoms with Crippen LogP contribution in [0.15, 0.2) is 48.5 Å². The van der Waals surface area contributed by atoms with Crippen LogP contribution in [0.5, 0.6) is 0 Å². The molecule has 1 heterocycles. The highest BCUT2D eigenvalue weighted by molar-refractivity contribution is 6.03. The number of hydrogen-bond acceptors (Lipinski definition) is 4. The summed E-state index contributed by atoms with van der Waals surface area (Å²) >= 11 is 0. The van der Waals surface area contributed by atoms with Crippen LogP contribution in [0, 0.1) is 24.4 Å². The van der Waals surface area contributed by atoms with E-state index in [9.17, 15) is 18.0 Å². The van der Waals surface area contributed by atoms with Gasteiger partial charge in [-0.15, -0.1) is 0 Å². The molecule has 1 aromatic heterocycles. The van der Waals surface area contributed by atoms with Gasteiger partial charge in [0.2, 0.25) is 0 Å². The van der Waals surface area contributed by atoms with E-state index in [0.29, 0.717) is 11.6 Å². The van der Waals surface area contributed by atoms with Gasteiger partial charge in [-0.3, -0.25) is 4.79 Å². The summed E-state index contributed by atoms with van der Waals surface area (Å²) in [6.07, 6.45) is 0. The number of benzene rings is 2. The lowest BCUT2D eigenvalue weighted by molar-refractivity contribution is 0.102. The molecule has 2 aromatic carbocycles. The van der Waals surface area contributed by atoms with E-state index >= 15 is 0 Å². The number of aryl methyl sites for hydroxylation is 1. The van der Waals surface area contributed by atoms with Crippen molar-refractivity contribution in [3.63, 3.8) is 0 Å². The average molecular weight is 372 g/mol. The summed E-state index contributed by atoms with van der Waals surface area (Å²) in [6, 6.07) is 12.4. The van der Waals surface area contributed by atoms with Gasteiger partial charge in [-0.05, 0) is 31.2 Å². The van der Waals surface area contributed by atoms with Crippen LogP contribution in [0.4, 0.5) is 30.4 Å². The number of carbonyl (C=O) groups is 1. The van der Waals surface area contributed by atoms with Crippen molar-refractivity contribution in [1.82, 2.24) is 9.97 Å². The average Bonchev–Trinajstić information content (AvgIpc) is 2.68. The Balaban J connectivity index is 1.90. The Morgan fingerprint density at radius 2 is 1.70 bits per heavy atom. The third-order valence-corrected chi connectivity index (χ3v) is 3.83. The van der Waals surface area contributed by atoms with Crippen LogP contribution in [0.25, 0.3) is 0 Å². The number of aromatic nitrogens is 2. The highest BCUT2D eigenvalue weighted by atomic mass is 19.2. The number of carbonyl (C=O) groups excluding carboxylic acids is 1. The van der Waals surface area contributed by atoms with Crippen molar-refractivity contribution in [3.8, 4) is 0 Å². The van der Waals surface area contributed by atoms with Crippen LogP contribution < -0.4 is 10.2 Å². The second kappa shape index (κ2) is 7.45. The minimum absolute atomic E-state index is 0.0376. The fourth-order valence-corrected chi connectivity index (χ4v) is 2.43. The summed E-state index contributed by atoms with van der Waals surface area (Å²) in [5.74, 6) is -4.47. The SMILES string of the molecule is Cc1nc(C(=O)Nc2ccc(F)c(F)c2F)cc(N(C)c2ccccc2)n1. The zero-order chi connectivity index (χ0) is 19.6. The van der Waals surface area contributed by atoms with Crippen molar-refractivity contribution >= 4 is 23.1 Å². The molecule has 1 N–H and O–H groups in total. The zero-order valence-corrected chi connectivity index (χ0v) is 14.5. The largest absolute Gasteiger partial charge is 0.329 e. The van der Waals surface area contributed by atoms with Crippen molar-refractivity contribution in [3.05, 3.63) is 77.5 Å². The standard InChI is InChI=1S/C19H15F3N4O/c1-11-23-15(10-16(24-11)26(2)12-6-4-3-5-7-12)19(27)25-14-9-8-13(20)17(21)18(14)22/h3-10H,1-2H3,(H,25,27). The zero-order valence-electron chi connectivity index (χ0n) is 14.5. The molecule has 0 bridgehead atoms. The summed E-state index contributed by atoms with van der Waals surface area (Å²) in [5, 5.41) is 2.20. The Kier molecular flexibility index (Phi) is 5.07. The molecule has 1 amide bonds. The monoisotopic (exact) mass is 372 g/mol. The number of anilines is 3. The Hall–Kier alpha value is -3.42. The van der Waals surface area contributed by atoms with E-state index in [1.807, 2.05) is 30.3 Å². The molecule has 0 fully saturated rings. The second-order valence-electron chi connectivity index (χ2n) is 5.73. The molecule has 5 nitrogen and oxygen atoms in total. The normalized spacial score (nSPS) is 10.6. The topological polar surface area (TPSA) is 58.1 Å². The maximum atomic E-state index is 13.8. The minimum atomic E-state index is -1.66. The molecule has 138 valence electrons. The summed E-state index contributed by atoms with van der Waals surface area (Å²) in [5.41, 5.74) is 0.325. The number of amides is 1. The van der Waals surface area contributed by atoms with Gasteiger partial charge in [0.1, 0.15) is 17.3 Å². The molecule has 3 rings (SSSR count). The van der Waals surface area contributed by atoms with Crippen LogP contribution >= 0.6 is 0 Å². The fourth-order valence-electron chi connectivity index (χ4n) is 2.43.